The van der Waals surface area contributed by atoms with Crippen molar-refractivity contribution in [2.75, 3.05) is 7.11 Å². The van der Waals surface area contributed by atoms with Crippen LogP contribution in [-0.4, -0.2) is 24.0 Å². The second kappa shape index (κ2) is 4.71. The van der Waals surface area contributed by atoms with Gasteiger partial charge in [-0.05, 0) is 24.3 Å². The van der Waals surface area contributed by atoms with Crippen molar-refractivity contribution in [2.45, 2.75) is 0 Å². The molecule has 0 amide bonds. The van der Waals surface area contributed by atoms with Crippen molar-refractivity contribution in [2.24, 2.45) is 0 Å². The molecular weight excluding hydrogens is 187 g/mol. The van der Waals surface area contributed by atoms with Gasteiger partial charge in [0.1, 0.15) is 0 Å². The van der Waals surface area contributed by atoms with E-state index in [1.807, 2.05) is 36.4 Å². The van der Waals surface area contributed by atoms with E-state index < -0.39 is 0 Å². The molecule has 0 fully saturated rings. The minimum absolute atomic E-state index is 0.188. The highest BCUT2D eigenvalue weighted by Gasteiger charge is 2.22. The van der Waals surface area contributed by atoms with Crippen molar-refractivity contribution in [1.29, 1.82) is 0 Å². The van der Waals surface area contributed by atoms with Gasteiger partial charge in [0.15, 0.2) is 0 Å². The first kappa shape index (κ1) is 9.86. The highest BCUT2D eigenvalue weighted by atomic mass is 16.4. The van der Waals surface area contributed by atoms with Gasteiger partial charge < -0.3 is 4.65 Å². The third-order valence-corrected chi connectivity index (χ3v) is 2.15. The Morgan fingerprint density at radius 3 is 1.80 bits per heavy atom. The molecular formula is C11H11BN2O. The second-order valence-electron chi connectivity index (χ2n) is 3.12. The quantitative estimate of drug-likeness (QED) is 0.662. The van der Waals surface area contributed by atoms with E-state index in [-0.39, 0.29) is 6.92 Å². The maximum atomic E-state index is 5.40. The average Bonchev–Trinajstić information content (AvgIpc) is 2.33. The lowest BCUT2D eigenvalue weighted by Crippen LogP contribution is -2.47. The van der Waals surface area contributed by atoms with Crippen molar-refractivity contribution in [3.63, 3.8) is 0 Å². The Morgan fingerprint density at radius 1 is 0.933 bits per heavy atom. The molecule has 0 bridgehead atoms. The van der Waals surface area contributed by atoms with Crippen molar-refractivity contribution >= 4 is 18.1 Å². The van der Waals surface area contributed by atoms with Crippen LogP contribution in [0.4, 0.5) is 0 Å². The molecule has 0 spiro atoms. The summed E-state index contributed by atoms with van der Waals surface area (Å²) in [4.78, 5) is 8.52. The van der Waals surface area contributed by atoms with Crippen LogP contribution in [0.5, 0.6) is 0 Å². The maximum absolute atomic E-state index is 5.40. The molecule has 4 heteroatoms. The van der Waals surface area contributed by atoms with Gasteiger partial charge in [0.05, 0.1) is 0 Å². The van der Waals surface area contributed by atoms with Crippen LogP contribution >= 0.6 is 0 Å². The van der Waals surface area contributed by atoms with Gasteiger partial charge in [-0.15, -0.1) is 0 Å². The number of hydrogen-bond donors (Lipinski definition) is 0. The van der Waals surface area contributed by atoms with E-state index in [0.29, 0.717) is 0 Å². The van der Waals surface area contributed by atoms with Crippen LogP contribution in [0.3, 0.4) is 0 Å². The second-order valence-corrected chi connectivity index (χ2v) is 3.12. The Bertz CT molecular complexity index is 368. The predicted molar refractivity (Wildman–Crippen MR) is 60.5 cm³/mol. The number of hydrogen-bond acceptors (Lipinski definition) is 3. The van der Waals surface area contributed by atoms with Gasteiger partial charge in [-0.2, -0.15) is 0 Å². The van der Waals surface area contributed by atoms with Crippen LogP contribution in [0.1, 0.15) is 0 Å². The molecule has 0 unspecified atom stereocenters. The van der Waals surface area contributed by atoms with E-state index in [4.69, 9.17) is 4.65 Å². The Labute approximate surface area is 89.3 Å². The molecule has 2 heterocycles. The van der Waals surface area contributed by atoms with Gasteiger partial charge in [-0.1, -0.05) is 12.1 Å². The van der Waals surface area contributed by atoms with E-state index in [0.717, 1.165) is 11.2 Å². The third-order valence-electron chi connectivity index (χ3n) is 2.15. The fourth-order valence-corrected chi connectivity index (χ4v) is 1.46. The Hall–Kier alpha value is -1.68. The number of rotatable bonds is 3. The van der Waals surface area contributed by atoms with E-state index in [1.54, 1.807) is 19.5 Å². The van der Waals surface area contributed by atoms with Gasteiger partial charge in [-0.25, -0.2) is 0 Å². The monoisotopic (exact) mass is 198 g/mol. The van der Waals surface area contributed by atoms with Gasteiger partial charge >= 0.3 is 6.92 Å². The summed E-state index contributed by atoms with van der Waals surface area (Å²) in [6, 6.07) is 11.5. The Balaban J connectivity index is 2.34. The number of pyridine rings is 2. The fourth-order valence-electron chi connectivity index (χ4n) is 1.46. The predicted octanol–water partition coefficient (Wildman–Crippen LogP) is 0.229. The van der Waals surface area contributed by atoms with Crippen molar-refractivity contribution in [1.82, 2.24) is 9.97 Å². The molecule has 2 rings (SSSR count). The number of nitrogens with zero attached hydrogens (tertiary/aromatic N) is 2. The zero-order valence-electron chi connectivity index (χ0n) is 8.50. The largest absolute Gasteiger partial charge is 0.428 e. The molecule has 15 heavy (non-hydrogen) atoms. The van der Waals surface area contributed by atoms with Gasteiger partial charge in [0.25, 0.3) is 0 Å². The molecule has 0 aliphatic heterocycles. The molecule has 0 saturated heterocycles. The molecule has 74 valence electrons. The lowest BCUT2D eigenvalue weighted by Gasteiger charge is -2.09. The summed E-state index contributed by atoms with van der Waals surface area (Å²) in [5, 5.41) is 0. The van der Waals surface area contributed by atoms with E-state index in [9.17, 15) is 0 Å². The zero-order valence-corrected chi connectivity index (χ0v) is 8.50. The van der Waals surface area contributed by atoms with Gasteiger partial charge in [0, 0.05) is 30.7 Å². The molecule has 0 N–H and O–H groups in total. The summed E-state index contributed by atoms with van der Waals surface area (Å²) in [6.45, 7) is -0.188. The summed E-state index contributed by atoms with van der Waals surface area (Å²) in [7, 11) is 1.66. The Morgan fingerprint density at radius 2 is 1.47 bits per heavy atom. The highest BCUT2D eigenvalue weighted by molar-refractivity contribution is 6.78. The first-order valence-electron chi connectivity index (χ1n) is 4.76. The van der Waals surface area contributed by atoms with Crippen LogP contribution in [-0.2, 0) is 4.65 Å². The van der Waals surface area contributed by atoms with Crippen LogP contribution in [0.2, 0.25) is 0 Å². The normalized spacial score (nSPS) is 9.93. The molecule has 0 atom stereocenters. The summed E-state index contributed by atoms with van der Waals surface area (Å²) in [6.07, 6.45) is 3.51. The Kier molecular flexibility index (Phi) is 3.10. The SMILES string of the molecule is COB(c1ccccn1)c1ccccn1. The van der Waals surface area contributed by atoms with Crippen LogP contribution in [0.25, 0.3) is 0 Å². The topological polar surface area (TPSA) is 35.0 Å². The average molecular weight is 198 g/mol. The first-order valence-corrected chi connectivity index (χ1v) is 4.76. The molecule has 2 aromatic rings. The number of aromatic nitrogens is 2. The minimum Gasteiger partial charge on any atom is -0.428 e. The lowest BCUT2D eigenvalue weighted by atomic mass is 9.60. The summed E-state index contributed by atoms with van der Waals surface area (Å²) >= 11 is 0. The molecule has 0 aliphatic carbocycles. The molecule has 0 radical (unpaired) electrons. The molecule has 3 nitrogen and oxygen atoms in total. The van der Waals surface area contributed by atoms with Crippen LogP contribution in [0, 0.1) is 0 Å². The molecule has 2 aromatic heterocycles. The van der Waals surface area contributed by atoms with Crippen molar-refractivity contribution < 1.29 is 4.65 Å². The maximum Gasteiger partial charge on any atom is 0.400 e. The fraction of sp³-hybridized carbons (Fsp3) is 0.0909. The van der Waals surface area contributed by atoms with Crippen molar-refractivity contribution in [3.05, 3.63) is 48.8 Å². The van der Waals surface area contributed by atoms with Gasteiger partial charge in [0.2, 0.25) is 0 Å². The van der Waals surface area contributed by atoms with E-state index in [2.05, 4.69) is 9.97 Å². The van der Waals surface area contributed by atoms with Crippen LogP contribution in [0.15, 0.2) is 48.8 Å². The smallest absolute Gasteiger partial charge is 0.400 e. The molecule has 0 saturated carbocycles. The van der Waals surface area contributed by atoms with Crippen LogP contribution < -0.4 is 11.2 Å². The minimum atomic E-state index is -0.188. The lowest BCUT2D eigenvalue weighted by molar-refractivity contribution is 0.437. The standard InChI is InChI=1S/C11H11BN2O/c1-15-12(10-6-2-4-8-13-10)11-7-3-5-9-14-11/h2-9H,1H3. The van der Waals surface area contributed by atoms with E-state index >= 15 is 0 Å². The zero-order chi connectivity index (χ0) is 10.5. The molecule has 0 aliphatic rings. The van der Waals surface area contributed by atoms with Gasteiger partial charge in [-0.3, -0.25) is 9.97 Å². The third kappa shape index (κ3) is 2.22. The highest BCUT2D eigenvalue weighted by Crippen LogP contribution is 1.87. The molecule has 0 aromatic carbocycles. The van der Waals surface area contributed by atoms with Crippen molar-refractivity contribution in [3.8, 4) is 0 Å². The van der Waals surface area contributed by atoms with E-state index in [1.165, 1.54) is 0 Å². The summed E-state index contributed by atoms with van der Waals surface area (Å²) in [5.41, 5.74) is 1.75. The first-order chi connectivity index (χ1) is 7.42. The summed E-state index contributed by atoms with van der Waals surface area (Å²) in [5.74, 6) is 0. The summed E-state index contributed by atoms with van der Waals surface area (Å²) < 4.78 is 5.40.